The number of methoxy groups -OCH3 is 1. The fourth-order valence-corrected chi connectivity index (χ4v) is 2.44. The van der Waals surface area contributed by atoms with Gasteiger partial charge in [0.1, 0.15) is 5.75 Å². The van der Waals surface area contributed by atoms with Gasteiger partial charge >= 0.3 is 0 Å². The second kappa shape index (κ2) is 4.90. The second-order valence-corrected chi connectivity index (χ2v) is 5.09. The van der Waals surface area contributed by atoms with Crippen LogP contribution in [0.2, 0.25) is 0 Å². The van der Waals surface area contributed by atoms with E-state index in [0.717, 1.165) is 17.0 Å². The molecule has 0 aliphatic carbocycles. The molecule has 0 saturated carbocycles. The summed E-state index contributed by atoms with van der Waals surface area (Å²) >= 11 is 1.37. The summed E-state index contributed by atoms with van der Waals surface area (Å²) in [7, 11) is 1.64. The van der Waals surface area contributed by atoms with Crippen LogP contribution >= 0.6 is 11.3 Å². The number of carbonyl (C=O) groups is 1. The van der Waals surface area contributed by atoms with Crippen LogP contribution < -0.4 is 4.74 Å². The Morgan fingerprint density at radius 2 is 1.94 bits per heavy atom. The Morgan fingerprint density at radius 3 is 2.50 bits per heavy atom. The van der Waals surface area contributed by atoms with E-state index in [4.69, 9.17) is 4.74 Å². The fourth-order valence-electron chi connectivity index (χ4n) is 1.72. The van der Waals surface area contributed by atoms with Crippen LogP contribution in [0, 0.1) is 13.8 Å². The molecule has 0 bridgehead atoms. The molecule has 4 heteroatoms. The molecule has 0 aliphatic heterocycles. The van der Waals surface area contributed by atoms with Crippen LogP contribution in [0.3, 0.4) is 0 Å². The van der Waals surface area contributed by atoms with E-state index in [1.807, 2.05) is 24.4 Å². The highest BCUT2D eigenvalue weighted by Crippen LogP contribution is 2.33. The van der Waals surface area contributed by atoms with E-state index in [9.17, 15) is 4.79 Å². The molecule has 0 radical (unpaired) electrons. The summed E-state index contributed by atoms with van der Waals surface area (Å²) in [5.74, 6) is 0.785. The summed E-state index contributed by atoms with van der Waals surface area (Å²) in [6.45, 7) is 5.63. The number of aromatic nitrogens is 1. The van der Waals surface area contributed by atoms with Crippen LogP contribution in [0.1, 0.15) is 27.9 Å². The summed E-state index contributed by atoms with van der Waals surface area (Å²) in [5, 5.41) is 2.42. The molecule has 1 heterocycles. The van der Waals surface area contributed by atoms with E-state index >= 15 is 0 Å². The van der Waals surface area contributed by atoms with Crippen molar-refractivity contribution in [3.05, 3.63) is 33.6 Å². The monoisotopic (exact) mass is 261 g/mol. The van der Waals surface area contributed by atoms with Crippen molar-refractivity contribution in [1.82, 2.24) is 4.98 Å². The Hall–Kier alpha value is -1.68. The van der Waals surface area contributed by atoms with Crippen molar-refractivity contribution >= 4 is 17.1 Å². The van der Waals surface area contributed by atoms with Crippen molar-refractivity contribution in [2.75, 3.05) is 7.11 Å². The summed E-state index contributed by atoms with van der Waals surface area (Å²) < 4.78 is 5.39. The Labute approximate surface area is 110 Å². The number of thiazole rings is 1. The molecule has 18 heavy (non-hydrogen) atoms. The maximum absolute atomic E-state index is 11.3. The lowest BCUT2D eigenvalue weighted by atomic mass is 10.0. The molecule has 0 saturated heterocycles. The Morgan fingerprint density at radius 1 is 1.28 bits per heavy atom. The predicted octanol–water partition coefficient (Wildman–Crippen LogP) is 3.64. The molecule has 2 aromatic rings. The zero-order valence-corrected chi connectivity index (χ0v) is 11.7. The minimum absolute atomic E-state index is 0.00551. The quantitative estimate of drug-likeness (QED) is 0.792. The SMILES string of the molecule is COc1cc(C)c(C)cc1-c1csc(C(C)=O)n1. The summed E-state index contributed by atoms with van der Waals surface area (Å²) in [6.07, 6.45) is 0. The topological polar surface area (TPSA) is 39.2 Å². The molecule has 0 spiro atoms. The Kier molecular flexibility index (Phi) is 3.48. The van der Waals surface area contributed by atoms with E-state index < -0.39 is 0 Å². The van der Waals surface area contributed by atoms with Gasteiger partial charge in [0, 0.05) is 17.9 Å². The van der Waals surface area contributed by atoms with Crippen molar-refractivity contribution in [2.45, 2.75) is 20.8 Å². The highest BCUT2D eigenvalue weighted by molar-refractivity contribution is 7.12. The largest absolute Gasteiger partial charge is 0.496 e. The van der Waals surface area contributed by atoms with Gasteiger partial charge in [-0.1, -0.05) is 0 Å². The maximum atomic E-state index is 11.3. The molecule has 0 aliphatic rings. The van der Waals surface area contributed by atoms with Crippen LogP contribution in [0.25, 0.3) is 11.3 Å². The molecule has 1 aromatic heterocycles. The number of benzene rings is 1. The first-order valence-electron chi connectivity index (χ1n) is 5.65. The molecule has 1 aromatic carbocycles. The smallest absolute Gasteiger partial charge is 0.188 e. The predicted molar refractivity (Wildman–Crippen MR) is 73.6 cm³/mol. The molecule has 0 amide bonds. The number of Topliss-reactive ketones (excluding diaryl/α,β-unsaturated/α-hetero) is 1. The summed E-state index contributed by atoms with van der Waals surface area (Å²) in [6, 6.07) is 4.05. The van der Waals surface area contributed by atoms with Crippen molar-refractivity contribution in [1.29, 1.82) is 0 Å². The van der Waals surface area contributed by atoms with Crippen LogP contribution in [0.4, 0.5) is 0 Å². The molecule has 2 rings (SSSR count). The van der Waals surface area contributed by atoms with Gasteiger partial charge < -0.3 is 4.74 Å². The minimum Gasteiger partial charge on any atom is -0.496 e. The number of nitrogens with zero attached hydrogens (tertiary/aromatic N) is 1. The lowest BCUT2D eigenvalue weighted by Gasteiger charge is -2.09. The number of ketones is 1. The summed E-state index contributed by atoms with van der Waals surface area (Å²) in [5.41, 5.74) is 4.09. The molecular formula is C14H15NO2S. The average Bonchev–Trinajstić information content (AvgIpc) is 2.81. The third kappa shape index (κ3) is 2.29. The normalized spacial score (nSPS) is 10.4. The van der Waals surface area contributed by atoms with Crippen LogP contribution in [0.15, 0.2) is 17.5 Å². The zero-order chi connectivity index (χ0) is 13.3. The molecule has 0 atom stereocenters. The molecule has 94 valence electrons. The highest BCUT2D eigenvalue weighted by Gasteiger charge is 2.13. The van der Waals surface area contributed by atoms with Crippen LogP contribution in [-0.2, 0) is 0 Å². The Bertz CT molecular complexity index is 602. The Balaban J connectivity index is 2.55. The molecule has 3 nitrogen and oxygen atoms in total. The van der Waals surface area contributed by atoms with E-state index in [1.165, 1.54) is 29.4 Å². The number of aryl methyl sites for hydroxylation is 2. The van der Waals surface area contributed by atoms with Gasteiger partial charge in [-0.3, -0.25) is 4.79 Å². The van der Waals surface area contributed by atoms with Gasteiger partial charge in [-0.05, 0) is 37.1 Å². The van der Waals surface area contributed by atoms with Crippen molar-refractivity contribution < 1.29 is 9.53 Å². The van der Waals surface area contributed by atoms with Crippen molar-refractivity contribution in [3.8, 4) is 17.0 Å². The number of carbonyl (C=O) groups excluding carboxylic acids is 1. The number of hydrogen-bond donors (Lipinski definition) is 0. The number of rotatable bonds is 3. The third-order valence-electron chi connectivity index (χ3n) is 2.90. The first kappa shape index (κ1) is 12.8. The fraction of sp³-hybridized carbons (Fsp3) is 0.286. The van der Waals surface area contributed by atoms with Crippen molar-refractivity contribution in [3.63, 3.8) is 0 Å². The van der Waals surface area contributed by atoms with Gasteiger partial charge in [-0.2, -0.15) is 0 Å². The lowest BCUT2D eigenvalue weighted by Crippen LogP contribution is -1.93. The van der Waals surface area contributed by atoms with Gasteiger partial charge in [-0.15, -0.1) is 11.3 Å². The zero-order valence-electron chi connectivity index (χ0n) is 10.9. The van der Waals surface area contributed by atoms with Gasteiger partial charge in [0.15, 0.2) is 10.8 Å². The van der Waals surface area contributed by atoms with Gasteiger partial charge in [0.25, 0.3) is 0 Å². The van der Waals surface area contributed by atoms with Crippen molar-refractivity contribution in [2.24, 2.45) is 0 Å². The highest BCUT2D eigenvalue weighted by atomic mass is 32.1. The number of hydrogen-bond acceptors (Lipinski definition) is 4. The van der Waals surface area contributed by atoms with Crippen LogP contribution in [0.5, 0.6) is 5.75 Å². The maximum Gasteiger partial charge on any atom is 0.188 e. The van der Waals surface area contributed by atoms with Gasteiger partial charge in [0.2, 0.25) is 0 Å². The molecule has 0 N–H and O–H groups in total. The minimum atomic E-state index is -0.00551. The second-order valence-electron chi connectivity index (χ2n) is 4.23. The number of ether oxygens (including phenoxy) is 1. The standard InChI is InChI=1S/C14H15NO2S/c1-8-5-11(13(17-4)6-9(8)2)12-7-18-14(15-12)10(3)16/h5-7H,1-4H3. The molecule has 0 unspecified atom stereocenters. The first-order chi connectivity index (χ1) is 8.52. The van der Waals surface area contributed by atoms with Gasteiger partial charge in [-0.25, -0.2) is 4.98 Å². The average molecular weight is 261 g/mol. The summed E-state index contributed by atoms with van der Waals surface area (Å²) in [4.78, 5) is 15.6. The van der Waals surface area contributed by atoms with E-state index in [1.54, 1.807) is 7.11 Å². The molecular weight excluding hydrogens is 246 g/mol. The third-order valence-corrected chi connectivity index (χ3v) is 3.84. The lowest BCUT2D eigenvalue weighted by molar-refractivity contribution is 0.101. The van der Waals surface area contributed by atoms with E-state index in [2.05, 4.69) is 11.9 Å². The molecule has 0 fully saturated rings. The van der Waals surface area contributed by atoms with E-state index in [0.29, 0.717) is 5.01 Å². The van der Waals surface area contributed by atoms with E-state index in [-0.39, 0.29) is 5.78 Å². The van der Waals surface area contributed by atoms with Gasteiger partial charge in [0.05, 0.1) is 12.8 Å². The first-order valence-corrected chi connectivity index (χ1v) is 6.53. The van der Waals surface area contributed by atoms with Crippen LogP contribution in [-0.4, -0.2) is 17.9 Å².